The summed E-state index contributed by atoms with van der Waals surface area (Å²) in [6, 6.07) is 1.35. The van der Waals surface area contributed by atoms with Crippen LogP contribution in [0, 0.1) is 6.92 Å². The number of nitrogens with one attached hydrogen (secondary N) is 1. The smallest absolute Gasteiger partial charge is 0.322 e. The van der Waals surface area contributed by atoms with Gasteiger partial charge in [0, 0.05) is 32.2 Å². The van der Waals surface area contributed by atoms with Gasteiger partial charge in [0.2, 0.25) is 0 Å². The highest BCUT2D eigenvalue weighted by molar-refractivity contribution is 5.73. The highest BCUT2D eigenvalue weighted by atomic mass is 16.5. The molecule has 0 aliphatic carbocycles. The maximum atomic E-state index is 11.0. The van der Waals surface area contributed by atoms with Crippen LogP contribution < -0.4 is 5.32 Å². The van der Waals surface area contributed by atoms with Crippen LogP contribution in [-0.4, -0.2) is 46.8 Å². The van der Waals surface area contributed by atoms with Gasteiger partial charge in [0.05, 0.1) is 5.69 Å². The second-order valence-corrected chi connectivity index (χ2v) is 3.96. The maximum absolute atomic E-state index is 11.0. The van der Waals surface area contributed by atoms with E-state index < -0.39 is 12.0 Å². The summed E-state index contributed by atoms with van der Waals surface area (Å²) in [5.74, 6) is -0.0515. The van der Waals surface area contributed by atoms with Crippen molar-refractivity contribution in [1.82, 2.24) is 15.4 Å². The molecule has 1 fully saturated rings. The van der Waals surface area contributed by atoms with Crippen molar-refractivity contribution < 1.29 is 14.4 Å². The lowest BCUT2D eigenvalue weighted by molar-refractivity contribution is -0.144. The lowest BCUT2D eigenvalue weighted by atomic mass is 10.2. The predicted octanol–water partition coefficient (Wildman–Crippen LogP) is -0.159. The largest absolute Gasteiger partial charge is 0.480 e. The number of hydrogen-bond donors (Lipinski definition) is 2. The SMILES string of the molecule is Cc1cc(CN2CCNCC2C(=O)O)no1. The standard InChI is InChI=1S/C10H15N3O3/c1-7-4-8(12-16-7)6-13-3-2-11-5-9(13)10(14)15/h4,9,11H,2-3,5-6H2,1H3,(H,14,15). The van der Waals surface area contributed by atoms with Gasteiger partial charge in [-0.05, 0) is 6.92 Å². The van der Waals surface area contributed by atoms with Crippen LogP contribution in [0.1, 0.15) is 11.5 Å². The molecule has 1 aliphatic heterocycles. The molecule has 6 nitrogen and oxygen atoms in total. The van der Waals surface area contributed by atoms with Crippen molar-refractivity contribution in [3.05, 3.63) is 17.5 Å². The number of piperazine rings is 1. The van der Waals surface area contributed by atoms with Crippen LogP contribution in [0.5, 0.6) is 0 Å². The average molecular weight is 225 g/mol. The van der Waals surface area contributed by atoms with Crippen LogP contribution in [0.25, 0.3) is 0 Å². The van der Waals surface area contributed by atoms with Gasteiger partial charge in [-0.2, -0.15) is 0 Å². The Morgan fingerprint density at radius 1 is 1.81 bits per heavy atom. The van der Waals surface area contributed by atoms with Crippen molar-refractivity contribution in [1.29, 1.82) is 0 Å². The number of nitrogens with zero attached hydrogens (tertiary/aromatic N) is 2. The summed E-state index contributed by atoms with van der Waals surface area (Å²) in [4.78, 5) is 12.9. The van der Waals surface area contributed by atoms with Crippen molar-refractivity contribution >= 4 is 5.97 Å². The zero-order chi connectivity index (χ0) is 11.5. The first kappa shape index (κ1) is 11.1. The lowest BCUT2D eigenvalue weighted by Crippen LogP contribution is -2.54. The molecule has 0 amide bonds. The van der Waals surface area contributed by atoms with Crippen molar-refractivity contribution in [2.24, 2.45) is 0 Å². The Hall–Kier alpha value is -1.40. The molecule has 2 rings (SSSR count). The summed E-state index contributed by atoms with van der Waals surface area (Å²) < 4.78 is 4.96. The minimum atomic E-state index is -0.799. The number of carbonyl (C=O) groups is 1. The Morgan fingerprint density at radius 2 is 2.62 bits per heavy atom. The topological polar surface area (TPSA) is 78.6 Å². The molecule has 0 radical (unpaired) electrons. The number of hydrogen-bond acceptors (Lipinski definition) is 5. The van der Waals surface area contributed by atoms with Gasteiger partial charge < -0.3 is 14.9 Å². The van der Waals surface area contributed by atoms with Gasteiger partial charge in [-0.3, -0.25) is 9.69 Å². The molecule has 16 heavy (non-hydrogen) atoms. The molecule has 0 bridgehead atoms. The fourth-order valence-electron chi connectivity index (χ4n) is 1.88. The van der Waals surface area contributed by atoms with E-state index in [1.54, 1.807) is 0 Å². The van der Waals surface area contributed by atoms with Gasteiger partial charge in [0.25, 0.3) is 0 Å². The minimum absolute atomic E-state index is 0.478. The van der Waals surface area contributed by atoms with E-state index in [1.165, 1.54) is 0 Å². The third-order valence-corrected chi connectivity index (χ3v) is 2.68. The van der Waals surface area contributed by atoms with E-state index in [2.05, 4.69) is 10.5 Å². The lowest BCUT2D eigenvalue weighted by Gasteiger charge is -2.32. The van der Waals surface area contributed by atoms with E-state index in [0.717, 1.165) is 18.0 Å². The molecule has 6 heteroatoms. The van der Waals surface area contributed by atoms with Crippen LogP contribution in [0.4, 0.5) is 0 Å². The quantitative estimate of drug-likeness (QED) is 0.744. The molecule has 1 unspecified atom stereocenters. The van der Waals surface area contributed by atoms with Crippen LogP contribution in [0.3, 0.4) is 0 Å². The number of carboxylic acid groups (broad SMARTS) is 1. The summed E-state index contributed by atoms with van der Waals surface area (Å²) in [5, 5.41) is 16.0. The molecule has 2 heterocycles. The summed E-state index contributed by atoms with van der Waals surface area (Å²) in [6.07, 6.45) is 0. The average Bonchev–Trinajstić information content (AvgIpc) is 2.64. The van der Waals surface area contributed by atoms with E-state index >= 15 is 0 Å². The van der Waals surface area contributed by atoms with Crippen LogP contribution >= 0.6 is 0 Å². The third kappa shape index (κ3) is 2.40. The van der Waals surface area contributed by atoms with Gasteiger partial charge in [0.1, 0.15) is 11.8 Å². The number of carboxylic acids is 1. The van der Waals surface area contributed by atoms with E-state index in [1.807, 2.05) is 17.9 Å². The zero-order valence-corrected chi connectivity index (χ0v) is 9.14. The third-order valence-electron chi connectivity index (χ3n) is 2.68. The summed E-state index contributed by atoms with van der Waals surface area (Å²) >= 11 is 0. The number of aliphatic carboxylic acids is 1. The molecule has 1 saturated heterocycles. The van der Waals surface area contributed by atoms with E-state index in [9.17, 15) is 4.79 Å². The Morgan fingerprint density at radius 3 is 3.25 bits per heavy atom. The highest BCUT2D eigenvalue weighted by Crippen LogP contribution is 2.10. The molecule has 1 aliphatic rings. The summed E-state index contributed by atoms with van der Waals surface area (Å²) in [7, 11) is 0. The van der Waals surface area contributed by atoms with Gasteiger partial charge in [0.15, 0.2) is 0 Å². The normalized spacial score (nSPS) is 22.2. The summed E-state index contributed by atoms with van der Waals surface area (Å²) in [6.45, 7) is 4.34. The number of aryl methyl sites for hydroxylation is 1. The van der Waals surface area contributed by atoms with Crippen LogP contribution in [0.2, 0.25) is 0 Å². The molecule has 1 aromatic rings. The molecule has 0 spiro atoms. The molecule has 88 valence electrons. The second kappa shape index (κ2) is 4.63. The molecule has 1 aromatic heterocycles. The van der Waals surface area contributed by atoms with Crippen molar-refractivity contribution in [2.75, 3.05) is 19.6 Å². The first-order valence-corrected chi connectivity index (χ1v) is 5.26. The molecule has 1 atom stereocenters. The molecule has 0 saturated carbocycles. The van der Waals surface area contributed by atoms with Gasteiger partial charge >= 0.3 is 5.97 Å². The van der Waals surface area contributed by atoms with Crippen molar-refractivity contribution in [3.63, 3.8) is 0 Å². The van der Waals surface area contributed by atoms with Crippen LogP contribution in [-0.2, 0) is 11.3 Å². The van der Waals surface area contributed by atoms with E-state index in [4.69, 9.17) is 9.63 Å². The van der Waals surface area contributed by atoms with Gasteiger partial charge in [-0.1, -0.05) is 5.16 Å². The van der Waals surface area contributed by atoms with Crippen molar-refractivity contribution in [2.45, 2.75) is 19.5 Å². The zero-order valence-electron chi connectivity index (χ0n) is 9.14. The molecule has 2 N–H and O–H groups in total. The second-order valence-electron chi connectivity index (χ2n) is 3.96. The van der Waals surface area contributed by atoms with Gasteiger partial charge in [-0.15, -0.1) is 0 Å². The molecular weight excluding hydrogens is 210 g/mol. The fourth-order valence-corrected chi connectivity index (χ4v) is 1.88. The van der Waals surface area contributed by atoms with E-state index in [-0.39, 0.29) is 0 Å². The molecule has 0 aromatic carbocycles. The summed E-state index contributed by atoms with van der Waals surface area (Å²) in [5.41, 5.74) is 0.783. The Kier molecular flexibility index (Phi) is 3.21. The predicted molar refractivity (Wildman–Crippen MR) is 55.9 cm³/mol. The van der Waals surface area contributed by atoms with E-state index in [0.29, 0.717) is 19.6 Å². The highest BCUT2D eigenvalue weighted by Gasteiger charge is 2.28. The monoisotopic (exact) mass is 225 g/mol. The Balaban J connectivity index is 2.03. The Labute approximate surface area is 93.2 Å². The fraction of sp³-hybridized carbons (Fsp3) is 0.600. The Bertz CT molecular complexity index is 377. The first-order chi connectivity index (χ1) is 7.66. The van der Waals surface area contributed by atoms with Crippen molar-refractivity contribution in [3.8, 4) is 0 Å². The minimum Gasteiger partial charge on any atom is -0.480 e. The van der Waals surface area contributed by atoms with Gasteiger partial charge in [-0.25, -0.2) is 0 Å². The number of aromatic nitrogens is 1. The maximum Gasteiger partial charge on any atom is 0.322 e. The number of rotatable bonds is 3. The first-order valence-electron chi connectivity index (χ1n) is 5.26. The molecular formula is C10H15N3O3. The van der Waals surface area contributed by atoms with Crippen LogP contribution in [0.15, 0.2) is 10.6 Å².